The van der Waals surface area contributed by atoms with Crippen LogP contribution in [0.5, 0.6) is 0 Å². The molecule has 2 rings (SSSR count). The van der Waals surface area contributed by atoms with Gasteiger partial charge in [0.2, 0.25) is 5.91 Å². The summed E-state index contributed by atoms with van der Waals surface area (Å²) in [6, 6.07) is 2.70. The van der Waals surface area contributed by atoms with E-state index in [0.29, 0.717) is 18.0 Å². The average molecular weight is 278 g/mol. The molecule has 0 aliphatic carbocycles. The van der Waals surface area contributed by atoms with Gasteiger partial charge in [0.1, 0.15) is 0 Å². The lowest BCUT2D eigenvalue weighted by Gasteiger charge is -2.32. The van der Waals surface area contributed by atoms with Gasteiger partial charge in [0, 0.05) is 38.4 Å². The molecule has 0 bridgehead atoms. The van der Waals surface area contributed by atoms with Gasteiger partial charge in [-0.05, 0) is 45.2 Å². The Morgan fingerprint density at radius 2 is 2.10 bits per heavy atom. The molecule has 0 aromatic carbocycles. The molecule has 0 saturated carbocycles. The fraction of sp³-hybridized carbons (Fsp3) is 0.733. The molecule has 1 saturated heterocycles. The minimum Gasteiger partial charge on any atom is -0.343 e. The SMILES string of the molecule is CC(=O)N1CCC(CNC(C)C(C)n2cccn2)CC1. The quantitative estimate of drug-likeness (QED) is 0.891. The summed E-state index contributed by atoms with van der Waals surface area (Å²) in [6.45, 7) is 8.89. The summed E-state index contributed by atoms with van der Waals surface area (Å²) in [7, 11) is 0. The van der Waals surface area contributed by atoms with Crippen LogP contribution in [0.2, 0.25) is 0 Å². The van der Waals surface area contributed by atoms with Crippen LogP contribution in [-0.4, -0.2) is 46.3 Å². The van der Waals surface area contributed by atoms with E-state index in [4.69, 9.17) is 0 Å². The van der Waals surface area contributed by atoms with E-state index in [-0.39, 0.29) is 5.91 Å². The highest BCUT2D eigenvalue weighted by Crippen LogP contribution is 2.17. The molecule has 0 spiro atoms. The molecule has 1 amide bonds. The molecule has 5 heteroatoms. The number of nitrogens with zero attached hydrogens (tertiary/aromatic N) is 3. The van der Waals surface area contributed by atoms with Gasteiger partial charge in [-0.1, -0.05) is 0 Å². The van der Waals surface area contributed by atoms with Crippen LogP contribution in [0.4, 0.5) is 0 Å². The summed E-state index contributed by atoms with van der Waals surface area (Å²) in [5.74, 6) is 0.884. The smallest absolute Gasteiger partial charge is 0.219 e. The molecule has 1 aromatic heterocycles. The van der Waals surface area contributed by atoms with Crippen LogP contribution in [0.1, 0.15) is 39.7 Å². The van der Waals surface area contributed by atoms with Gasteiger partial charge in [-0.15, -0.1) is 0 Å². The molecule has 2 unspecified atom stereocenters. The monoisotopic (exact) mass is 278 g/mol. The van der Waals surface area contributed by atoms with Gasteiger partial charge in [-0.2, -0.15) is 5.10 Å². The van der Waals surface area contributed by atoms with Crippen LogP contribution in [-0.2, 0) is 4.79 Å². The topological polar surface area (TPSA) is 50.2 Å². The summed E-state index contributed by atoms with van der Waals surface area (Å²) < 4.78 is 2.00. The lowest BCUT2D eigenvalue weighted by Crippen LogP contribution is -2.42. The zero-order chi connectivity index (χ0) is 14.5. The van der Waals surface area contributed by atoms with Crippen molar-refractivity contribution in [2.24, 2.45) is 5.92 Å². The van der Waals surface area contributed by atoms with E-state index >= 15 is 0 Å². The summed E-state index contributed by atoms with van der Waals surface area (Å²) in [5.41, 5.74) is 0. The number of aromatic nitrogens is 2. The lowest BCUT2D eigenvalue weighted by atomic mass is 9.96. The molecule has 2 atom stereocenters. The van der Waals surface area contributed by atoms with E-state index in [2.05, 4.69) is 24.3 Å². The maximum Gasteiger partial charge on any atom is 0.219 e. The average Bonchev–Trinajstić information content (AvgIpc) is 2.98. The first kappa shape index (κ1) is 15.0. The van der Waals surface area contributed by atoms with Crippen LogP contribution < -0.4 is 5.32 Å². The van der Waals surface area contributed by atoms with Gasteiger partial charge in [-0.3, -0.25) is 9.48 Å². The van der Waals surface area contributed by atoms with Crippen molar-refractivity contribution in [3.8, 4) is 0 Å². The summed E-state index contributed by atoms with van der Waals surface area (Å²) in [5, 5.41) is 7.91. The minimum atomic E-state index is 0.206. The van der Waals surface area contributed by atoms with Gasteiger partial charge >= 0.3 is 0 Å². The van der Waals surface area contributed by atoms with Crippen molar-refractivity contribution in [1.29, 1.82) is 0 Å². The Morgan fingerprint density at radius 1 is 1.40 bits per heavy atom. The number of piperidine rings is 1. The lowest BCUT2D eigenvalue weighted by molar-refractivity contribution is -0.130. The van der Waals surface area contributed by atoms with Crippen molar-refractivity contribution in [2.75, 3.05) is 19.6 Å². The second-order valence-corrected chi connectivity index (χ2v) is 5.87. The standard InChI is InChI=1S/C15H26N4O/c1-12(13(2)19-8-4-7-17-19)16-11-15-5-9-18(10-6-15)14(3)20/h4,7-8,12-13,15-16H,5-6,9-11H2,1-3H3. The van der Waals surface area contributed by atoms with E-state index in [1.54, 1.807) is 6.92 Å². The van der Waals surface area contributed by atoms with Crippen LogP contribution in [0.25, 0.3) is 0 Å². The predicted octanol–water partition coefficient (Wildman–Crippen LogP) is 1.68. The van der Waals surface area contributed by atoms with E-state index in [1.165, 1.54) is 0 Å². The normalized spacial score (nSPS) is 19.9. The maximum atomic E-state index is 11.3. The number of hydrogen-bond donors (Lipinski definition) is 1. The Balaban J connectivity index is 1.72. The molecule has 1 aliphatic heterocycles. The van der Waals surface area contributed by atoms with Gasteiger partial charge in [-0.25, -0.2) is 0 Å². The zero-order valence-electron chi connectivity index (χ0n) is 12.7. The van der Waals surface area contributed by atoms with Gasteiger partial charge in [0.05, 0.1) is 6.04 Å². The fourth-order valence-corrected chi connectivity index (χ4v) is 2.73. The van der Waals surface area contributed by atoms with Crippen LogP contribution in [0.3, 0.4) is 0 Å². The van der Waals surface area contributed by atoms with E-state index < -0.39 is 0 Å². The highest BCUT2D eigenvalue weighted by atomic mass is 16.2. The Kier molecular flexibility index (Phi) is 5.17. The number of carbonyl (C=O) groups excluding carboxylic acids is 1. The summed E-state index contributed by atoms with van der Waals surface area (Å²) in [6.07, 6.45) is 6.04. The first-order valence-electron chi connectivity index (χ1n) is 7.56. The van der Waals surface area contributed by atoms with Crippen LogP contribution in [0, 0.1) is 5.92 Å². The molecule has 5 nitrogen and oxygen atoms in total. The molecule has 1 N–H and O–H groups in total. The number of hydrogen-bond acceptors (Lipinski definition) is 3. The Morgan fingerprint density at radius 3 is 2.65 bits per heavy atom. The number of nitrogens with one attached hydrogen (secondary N) is 1. The molecule has 1 aromatic rings. The largest absolute Gasteiger partial charge is 0.343 e. The Labute approximate surface area is 121 Å². The van der Waals surface area contributed by atoms with Gasteiger partial charge in [0.15, 0.2) is 0 Å². The molecule has 1 fully saturated rings. The first-order valence-corrected chi connectivity index (χ1v) is 7.56. The van der Waals surface area contributed by atoms with Crippen molar-refractivity contribution in [2.45, 2.75) is 45.7 Å². The van der Waals surface area contributed by atoms with Crippen molar-refractivity contribution in [3.05, 3.63) is 18.5 Å². The zero-order valence-corrected chi connectivity index (χ0v) is 12.7. The first-order chi connectivity index (χ1) is 9.58. The molecule has 1 aliphatic rings. The highest BCUT2D eigenvalue weighted by Gasteiger charge is 2.22. The number of carbonyl (C=O) groups is 1. The van der Waals surface area contributed by atoms with Crippen molar-refractivity contribution < 1.29 is 4.79 Å². The summed E-state index contributed by atoms with van der Waals surface area (Å²) >= 11 is 0. The van der Waals surface area contributed by atoms with Crippen molar-refractivity contribution in [3.63, 3.8) is 0 Å². The second-order valence-electron chi connectivity index (χ2n) is 5.87. The number of amides is 1. The Hall–Kier alpha value is -1.36. The number of likely N-dealkylation sites (tertiary alicyclic amines) is 1. The van der Waals surface area contributed by atoms with E-state index in [9.17, 15) is 4.79 Å². The van der Waals surface area contributed by atoms with Gasteiger partial charge < -0.3 is 10.2 Å². The Bertz CT molecular complexity index is 410. The molecule has 112 valence electrons. The van der Waals surface area contributed by atoms with Gasteiger partial charge in [0.25, 0.3) is 0 Å². The van der Waals surface area contributed by atoms with Crippen molar-refractivity contribution >= 4 is 5.91 Å². The molecule has 20 heavy (non-hydrogen) atoms. The van der Waals surface area contributed by atoms with Crippen molar-refractivity contribution in [1.82, 2.24) is 20.0 Å². The third kappa shape index (κ3) is 3.82. The molecular weight excluding hydrogens is 252 g/mol. The van der Waals surface area contributed by atoms with Crippen LogP contribution >= 0.6 is 0 Å². The molecule has 2 heterocycles. The third-order valence-corrected chi connectivity index (χ3v) is 4.45. The second kappa shape index (κ2) is 6.88. The predicted molar refractivity (Wildman–Crippen MR) is 79.4 cm³/mol. The fourth-order valence-electron chi connectivity index (χ4n) is 2.73. The van der Waals surface area contributed by atoms with Crippen LogP contribution in [0.15, 0.2) is 18.5 Å². The summed E-state index contributed by atoms with van der Waals surface area (Å²) in [4.78, 5) is 13.2. The highest BCUT2D eigenvalue weighted by molar-refractivity contribution is 5.73. The molecule has 0 radical (unpaired) electrons. The molecular formula is C15H26N4O. The number of rotatable bonds is 5. The maximum absolute atomic E-state index is 11.3. The third-order valence-electron chi connectivity index (χ3n) is 4.45. The van der Waals surface area contributed by atoms with E-state index in [0.717, 1.165) is 32.5 Å². The van der Waals surface area contributed by atoms with E-state index in [1.807, 2.05) is 28.0 Å². The minimum absolute atomic E-state index is 0.206.